The van der Waals surface area contributed by atoms with Gasteiger partial charge in [-0.3, -0.25) is 0 Å². The fraction of sp³-hybridized carbons (Fsp3) is 0.956. The molecule has 0 amide bonds. The minimum Gasteiger partial charge on any atom is -0.394 e. The molecule has 9 rings (SSSR count). The molecule has 26 atom stereocenters. The maximum Gasteiger partial charge on any atom is 0.187 e. The monoisotopic (exact) mass is 868 g/mol. The normalized spacial score (nSPS) is 58.4. The van der Waals surface area contributed by atoms with Crippen molar-refractivity contribution in [3.05, 3.63) is 11.6 Å². The van der Waals surface area contributed by atoms with Gasteiger partial charge in [0.15, 0.2) is 24.7 Å². The van der Waals surface area contributed by atoms with Crippen molar-refractivity contribution in [1.82, 2.24) is 0 Å². The van der Waals surface area contributed by atoms with E-state index in [1.54, 1.807) is 0 Å². The lowest BCUT2D eigenvalue weighted by molar-refractivity contribution is -0.388. The largest absolute Gasteiger partial charge is 0.394 e. The Morgan fingerprint density at radius 2 is 1.34 bits per heavy atom. The van der Waals surface area contributed by atoms with Crippen LogP contribution in [0.4, 0.5) is 0 Å². The molecule has 1 unspecified atom stereocenters. The summed E-state index contributed by atoms with van der Waals surface area (Å²) in [5, 5.41) is 85.9. The van der Waals surface area contributed by atoms with Crippen LogP contribution in [0.2, 0.25) is 0 Å². The van der Waals surface area contributed by atoms with E-state index in [0.717, 1.165) is 45.1 Å². The highest BCUT2D eigenvalue weighted by Crippen LogP contribution is 2.70. The summed E-state index contributed by atoms with van der Waals surface area (Å²) in [6.07, 6.45) is -10.4. The van der Waals surface area contributed by atoms with Crippen molar-refractivity contribution in [3.63, 3.8) is 0 Å². The molecule has 9 aliphatic rings. The van der Waals surface area contributed by atoms with Crippen LogP contribution < -0.4 is 0 Å². The van der Waals surface area contributed by atoms with Gasteiger partial charge in [-0.05, 0) is 106 Å². The van der Waals surface area contributed by atoms with Gasteiger partial charge in [-0.1, -0.05) is 39.3 Å². The lowest BCUT2D eigenvalue weighted by atomic mass is 9.47. The van der Waals surface area contributed by atoms with E-state index < -0.39 is 105 Å². The van der Waals surface area contributed by atoms with Crippen LogP contribution in [0.5, 0.6) is 0 Å². The Balaban J connectivity index is 0.916. The molecule has 0 aromatic heterocycles. The maximum absolute atomic E-state index is 12.0. The standard InChI is InChI=1S/C45H72O16/c1-19-9-14-45(54-18-19)20(2)30-28(61-45)16-27-25-8-7-23-15-24(10-12-43(23,5)26(25)11-13-44(27,30)6)57-42-39(60-41-36(52)34(50)32(48)22(4)56-41)37(53)38(29(17-46)58-42)59-40-35(51)33(49)31(47)21(3)55-40/h7,19-22,24-42,46-53H,8-18H2,1-6H3/t19?,20-,21-,22-,24-,25+,26-,27-,28-,29+,30-,31-,32-,33+,34+,35+,36+,37-,38+,39+,40+,41+,42+,43-,44-,45+/m0/s1. The topological polar surface area (TPSA) is 236 Å². The molecule has 348 valence electrons. The molecule has 5 saturated heterocycles. The molecule has 8 N–H and O–H groups in total. The Morgan fingerprint density at radius 3 is 1.97 bits per heavy atom. The van der Waals surface area contributed by atoms with Crippen LogP contribution in [0.1, 0.15) is 99.3 Å². The highest BCUT2D eigenvalue weighted by Gasteiger charge is 2.69. The van der Waals surface area contributed by atoms with Gasteiger partial charge >= 0.3 is 0 Å². The molecule has 16 nitrogen and oxygen atoms in total. The first-order valence-electron chi connectivity index (χ1n) is 23.2. The zero-order valence-corrected chi connectivity index (χ0v) is 36.5. The van der Waals surface area contributed by atoms with E-state index in [-0.39, 0.29) is 23.0 Å². The Labute approximate surface area is 358 Å². The lowest BCUT2D eigenvalue weighted by Crippen LogP contribution is -2.66. The van der Waals surface area contributed by atoms with Crippen molar-refractivity contribution in [2.45, 2.75) is 209 Å². The van der Waals surface area contributed by atoms with E-state index >= 15 is 0 Å². The molecule has 5 heterocycles. The van der Waals surface area contributed by atoms with Crippen LogP contribution >= 0.6 is 0 Å². The molecule has 0 radical (unpaired) electrons. The van der Waals surface area contributed by atoms with Crippen molar-refractivity contribution in [3.8, 4) is 0 Å². The summed E-state index contributed by atoms with van der Waals surface area (Å²) in [4.78, 5) is 0. The molecule has 3 saturated carbocycles. The molecule has 61 heavy (non-hydrogen) atoms. The maximum atomic E-state index is 12.0. The van der Waals surface area contributed by atoms with Crippen molar-refractivity contribution in [2.24, 2.45) is 46.3 Å². The zero-order valence-electron chi connectivity index (χ0n) is 36.5. The molecule has 1 spiro atoms. The molecule has 0 bridgehead atoms. The second kappa shape index (κ2) is 16.8. The van der Waals surface area contributed by atoms with Crippen LogP contribution in [-0.2, 0) is 37.9 Å². The summed E-state index contributed by atoms with van der Waals surface area (Å²) in [7, 11) is 0. The molecule has 4 aliphatic carbocycles. The zero-order chi connectivity index (χ0) is 43.5. The number of ether oxygens (including phenoxy) is 8. The van der Waals surface area contributed by atoms with E-state index in [2.05, 4.69) is 33.8 Å². The van der Waals surface area contributed by atoms with Gasteiger partial charge in [-0.25, -0.2) is 0 Å². The van der Waals surface area contributed by atoms with Gasteiger partial charge in [0.25, 0.3) is 0 Å². The molecular weight excluding hydrogens is 796 g/mol. The third kappa shape index (κ3) is 7.42. The lowest BCUT2D eigenvalue weighted by Gasteiger charge is -2.58. The average Bonchev–Trinajstić information content (AvgIpc) is 3.69. The van der Waals surface area contributed by atoms with Crippen LogP contribution in [0.25, 0.3) is 0 Å². The van der Waals surface area contributed by atoms with Crippen molar-refractivity contribution < 1.29 is 78.7 Å². The number of hydrogen-bond acceptors (Lipinski definition) is 16. The number of hydrogen-bond donors (Lipinski definition) is 8. The molecule has 0 aromatic carbocycles. The summed E-state index contributed by atoms with van der Waals surface area (Å²) < 4.78 is 50.1. The first-order valence-corrected chi connectivity index (χ1v) is 23.2. The van der Waals surface area contributed by atoms with Gasteiger partial charge in [0.05, 0.1) is 37.6 Å². The number of fused-ring (bicyclic) bond motifs is 7. The van der Waals surface area contributed by atoms with E-state index in [9.17, 15) is 40.9 Å². The Kier molecular flexibility index (Phi) is 12.4. The summed E-state index contributed by atoms with van der Waals surface area (Å²) >= 11 is 0. The van der Waals surface area contributed by atoms with Crippen LogP contribution in [0.15, 0.2) is 11.6 Å². The fourth-order valence-corrected chi connectivity index (χ4v) is 14.0. The third-order valence-corrected chi connectivity index (χ3v) is 17.6. The minimum atomic E-state index is -1.71. The quantitative estimate of drug-likeness (QED) is 0.168. The van der Waals surface area contributed by atoms with Gasteiger partial charge in [-0.2, -0.15) is 0 Å². The van der Waals surface area contributed by atoms with Crippen LogP contribution in [-0.4, -0.2) is 164 Å². The van der Waals surface area contributed by atoms with Crippen molar-refractivity contribution >= 4 is 0 Å². The smallest absolute Gasteiger partial charge is 0.187 e. The second-order valence-electron chi connectivity index (χ2n) is 21.1. The number of aliphatic hydroxyl groups is 8. The van der Waals surface area contributed by atoms with Crippen LogP contribution in [0, 0.1) is 46.3 Å². The number of rotatable bonds is 7. The first kappa shape index (κ1) is 45.3. The van der Waals surface area contributed by atoms with E-state index in [0.29, 0.717) is 48.3 Å². The first-order chi connectivity index (χ1) is 28.9. The summed E-state index contributed by atoms with van der Waals surface area (Å²) in [6.45, 7) is 12.7. The van der Waals surface area contributed by atoms with Crippen LogP contribution in [0.3, 0.4) is 0 Å². The number of allylic oxidation sites excluding steroid dienone is 1. The number of aliphatic hydroxyl groups excluding tert-OH is 8. The van der Waals surface area contributed by atoms with Gasteiger partial charge < -0.3 is 78.7 Å². The van der Waals surface area contributed by atoms with Gasteiger partial charge in [0, 0.05) is 12.3 Å². The molecule has 8 fully saturated rings. The highest BCUT2D eigenvalue weighted by molar-refractivity contribution is 5.26. The average molecular weight is 869 g/mol. The predicted molar refractivity (Wildman–Crippen MR) is 213 cm³/mol. The minimum absolute atomic E-state index is 0.0171. The van der Waals surface area contributed by atoms with E-state index in [4.69, 9.17) is 37.9 Å². The summed E-state index contributed by atoms with van der Waals surface area (Å²) in [5.74, 6) is 2.64. The fourth-order valence-electron chi connectivity index (χ4n) is 14.0. The molecular formula is C45H72O16. The van der Waals surface area contributed by atoms with Gasteiger partial charge in [-0.15, -0.1) is 0 Å². The molecule has 5 aliphatic heterocycles. The Bertz CT molecular complexity index is 1590. The van der Waals surface area contributed by atoms with E-state index in [1.165, 1.54) is 25.8 Å². The van der Waals surface area contributed by atoms with Crippen molar-refractivity contribution in [2.75, 3.05) is 13.2 Å². The summed E-state index contributed by atoms with van der Waals surface area (Å²) in [5.41, 5.74) is 1.53. The van der Waals surface area contributed by atoms with Crippen molar-refractivity contribution in [1.29, 1.82) is 0 Å². The SMILES string of the molecule is CC1CC[C@@]2(OC1)O[C@H]1C[C@H]3[C@@H]4CC=C5C[C@@H](O[C@@H]6O[C@H](CO)[C@@H](O[C@H]7O[C@@H](C)[C@H](O)[C@@H](O)[C@H]7O)[C@H](O)[C@H]6O[C@H]6O[C@@H](C)[C@H](O)[C@@H](O)[C@H]6O)CC[C@]5(C)[C@H]4CC[C@]3(C)[C@H]1[C@@H]2C. The van der Waals surface area contributed by atoms with Gasteiger partial charge in [0.1, 0.15) is 61.0 Å². The molecule has 0 aromatic rings. The third-order valence-electron chi connectivity index (χ3n) is 17.6. The van der Waals surface area contributed by atoms with Gasteiger partial charge in [0.2, 0.25) is 0 Å². The Morgan fingerprint density at radius 1 is 0.689 bits per heavy atom. The second-order valence-corrected chi connectivity index (χ2v) is 21.1. The van der Waals surface area contributed by atoms with E-state index in [1.807, 2.05) is 0 Å². The summed E-state index contributed by atoms with van der Waals surface area (Å²) in [6, 6.07) is 0. The molecule has 16 heteroatoms. The highest BCUT2D eigenvalue weighted by atomic mass is 16.8. The predicted octanol–water partition coefficient (Wildman–Crippen LogP) is 1.24. The Hall–Kier alpha value is -0.900.